The lowest BCUT2D eigenvalue weighted by atomic mass is 10.1. The number of thioether (sulfide) groups is 1. The van der Waals surface area contributed by atoms with Crippen LogP contribution in [0.5, 0.6) is 0 Å². The second-order valence-electron chi connectivity index (χ2n) is 5.29. The Labute approximate surface area is 150 Å². The minimum Gasteiger partial charge on any atom is -0.268 e. The van der Waals surface area contributed by atoms with Crippen molar-refractivity contribution in [2.75, 3.05) is 4.90 Å². The maximum absolute atomic E-state index is 12.8. The van der Waals surface area contributed by atoms with Crippen LogP contribution in [-0.4, -0.2) is 10.2 Å². The topological polar surface area (TPSA) is 20.3 Å². The Balaban J connectivity index is 1.97. The molecule has 0 aliphatic carbocycles. The van der Waals surface area contributed by atoms with Gasteiger partial charge in [-0.05, 0) is 54.8 Å². The molecule has 0 saturated carbocycles. The number of thiocarbonyl (C=S) groups is 1. The van der Waals surface area contributed by atoms with Crippen LogP contribution in [0.4, 0.5) is 5.69 Å². The Morgan fingerprint density at radius 3 is 2.52 bits per heavy atom. The van der Waals surface area contributed by atoms with Gasteiger partial charge in [0.15, 0.2) is 4.32 Å². The fraction of sp³-hybridized carbons (Fsp3) is 0.111. The molecule has 5 heteroatoms. The van der Waals surface area contributed by atoms with Gasteiger partial charge in [-0.3, -0.25) is 9.69 Å². The summed E-state index contributed by atoms with van der Waals surface area (Å²) in [5, 5.41) is 0.671. The monoisotopic (exact) mass is 359 g/mol. The molecule has 1 saturated heterocycles. The van der Waals surface area contributed by atoms with Crippen molar-refractivity contribution < 1.29 is 4.79 Å². The van der Waals surface area contributed by atoms with Crippen LogP contribution in [0.3, 0.4) is 0 Å². The van der Waals surface area contributed by atoms with Crippen molar-refractivity contribution in [2.24, 2.45) is 0 Å². The van der Waals surface area contributed by atoms with Gasteiger partial charge in [-0.1, -0.05) is 59.8 Å². The number of benzene rings is 2. The molecule has 1 amide bonds. The molecule has 0 spiro atoms. The van der Waals surface area contributed by atoms with Crippen LogP contribution in [0.1, 0.15) is 16.7 Å². The van der Waals surface area contributed by atoms with Crippen LogP contribution in [-0.2, 0) is 4.79 Å². The quantitative estimate of drug-likeness (QED) is 0.531. The van der Waals surface area contributed by atoms with E-state index in [2.05, 4.69) is 0 Å². The number of hydrogen-bond donors (Lipinski definition) is 0. The lowest BCUT2D eigenvalue weighted by molar-refractivity contribution is -0.113. The van der Waals surface area contributed by atoms with E-state index in [9.17, 15) is 4.79 Å². The van der Waals surface area contributed by atoms with Crippen LogP contribution in [0.15, 0.2) is 47.4 Å². The Kier molecular flexibility index (Phi) is 4.57. The molecule has 1 fully saturated rings. The van der Waals surface area contributed by atoms with Gasteiger partial charge in [0.2, 0.25) is 0 Å². The van der Waals surface area contributed by atoms with E-state index in [1.165, 1.54) is 11.8 Å². The first-order chi connectivity index (χ1) is 11.0. The van der Waals surface area contributed by atoms with Gasteiger partial charge >= 0.3 is 0 Å². The summed E-state index contributed by atoms with van der Waals surface area (Å²) in [4.78, 5) is 15.0. The van der Waals surface area contributed by atoms with E-state index >= 15 is 0 Å². The van der Waals surface area contributed by atoms with Crippen LogP contribution in [0.25, 0.3) is 6.08 Å². The third kappa shape index (κ3) is 3.20. The van der Waals surface area contributed by atoms with Gasteiger partial charge in [-0.2, -0.15) is 0 Å². The molecule has 116 valence electrons. The average Bonchev–Trinajstić information content (AvgIpc) is 2.79. The zero-order valence-electron chi connectivity index (χ0n) is 12.7. The highest BCUT2D eigenvalue weighted by molar-refractivity contribution is 8.27. The number of anilines is 1. The van der Waals surface area contributed by atoms with Crippen molar-refractivity contribution in [2.45, 2.75) is 13.8 Å². The van der Waals surface area contributed by atoms with Gasteiger partial charge in [0, 0.05) is 5.02 Å². The summed E-state index contributed by atoms with van der Waals surface area (Å²) in [5.41, 5.74) is 3.98. The predicted molar refractivity (Wildman–Crippen MR) is 103 cm³/mol. The first kappa shape index (κ1) is 16.2. The summed E-state index contributed by atoms with van der Waals surface area (Å²) in [6.45, 7) is 4.03. The molecule has 2 aromatic carbocycles. The zero-order chi connectivity index (χ0) is 16.6. The second-order valence-corrected chi connectivity index (χ2v) is 7.40. The van der Waals surface area contributed by atoms with E-state index in [1.54, 1.807) is 17.0 Å². The van der Waals surface area contributed by atoms with E-state index in [-0.39, 0.29) is 5.91 Å². The van der Waals surface area contributed by atoms with Gasteiger partial charge in [0.1, 0.15) is 0 Å². The number of aryl methyl sites for hydroxylation is 1. The number of halogens is 1. The molecule has 2 nitrogen and oxygen atoms in total. The molecule has 3 rings (SSSR count). The van der Waals surface area contributed by atoms with Crippen molar-refractivity contribution in [1.29, 1.82) is 0 Å². The van der Waals surface area contributed by atoms with E-state index in [4.69, 9.17) is 23.8 Å². The molecule has 0 aromatic heterocycles. The largest absolute Gasteiger partial charge is 0.270 e. The maximum Gasteiger partial charge on any atom is 0.270 e. The number of amides is 1. The van der Waals surface area contributed by atoms with E-state index < -0.39 is 0 Å². The Hall–Kier alpha value is -1.62. The van der Waals surface area contributed by atoms with E-state index in [1.807, 2.05) is 50.3 Å². The number of carbonyl (C=O) groups excluding carboxylic acids is 1. The Morgan fingerprint density at radius 2 is 1.83 bits per heavy atom. The fourth-order valence-electron chi connectivity index (χ4n) is 2.36. The second kappa shape index (κ2) is 6.48. The van der Waals surface area contributed by atoms with E-state index in [0.717, 1.165) is 22.4 Å². The van der Waals surface area contributed by atoms with Crippen molar-refractivity contribution in [3.05, 3.63) is 69.1 Å². The molecule has 1 aliphatic heterocycles. The third-order valence-corrected chi connectivity index (χ3v) is 5.33. The standard InChI is InChI=1S/C18H14ClNOS2/c1-11-4-3-5-15(12(11)2)20-17(21)16(23-18(20)22)10-13-6-8-14(19)9-7-13/h3-10H,1-2H3/b16-10-. The van der Waals surface area contributed by atoms with Gasteiger partial charge in [-0.15, -0.1) is 0 Å². The molecular weight excluding hydrogens is 346 g/mol. The third-order valence-electron chi connectivity index (χ3n) is 3.78. The molecule has 0 N–H and O–H groups in total. The molecule has 1 aliphatic rings. The summed E-state index contributed by atoms with van der Waals surface area (Å²) in [5.74, 6) is -0.0800. The SMILES string of the molecule is Cc1cccc(N2C(=O)/C(=C/c3ccc(Cl)cc3)SC2=S)c1C. The van der Waals surface area contributed by atoms with Crippen LogP contribution in [0.2, 0.25) is 5.02 Å². The smallest absolute Gasteiger partial charge is 0.268 e. The first-order valence-corrected chi connectivity index (χ1v) is 8.67. The number of nitrogens with zero attached hydrogens (tertiary/aromatic N) is 1. The molecule has 0 unspecified atom stereocenters. The lowest BCUT2D eigenvalue weighted by Crippen LogP contribution is -2.28. The molecule has 23 heavy (non-hydrogen) atoms. The number of rotatable bonds is 2. The minimum atomic E-state index is -0.0800. The van der Waals surface area contributed by atoms with Gasteiger partial charge < -0.3 is 0 Å². The van der Waals surface area contributed by atoms with Crippen molar-refractivity contribution in [3.8, 4) is 0 Å². The fourth-order valence-corrected chi connectivity index (χ4v) is 3.77. The summed E-state index contributed by atoms with van der Waals surface area (Å²) in [6, 6.07) is 13.3. The molecule has 0 radical (unpaired) electrons. The molecule has 2 aromatic rings. The van der Waals surface area contributed by atoms with E-state index in [0.29, 0.717) is 14.2 Å². The first-order valence-electron chi connectivity index (χ1n) is 7.07. The molecule has 0 atom stereocenters. The minimum absolute atomic E-state index is 0.0800. The zero-order valence-corrected chi connectivity index (χ0v) is 15.1. The Bertz CT molecular complexity index is 827. The molecule has 1 heterocycles. The number of carbonyl (C=O) groups is 1. The van der Waals surface area contributed by atoms with Crippen LogP contribution < -0.4 is 4.90 Å². The summed E-state index contributed by atoms with van der Waals surface area (Å²) in [7, 11) is 0. The highest BCUT2D eigenvalue weighted by Crippen LogP contribution is 2.37. The summed E-state index contributed by atoms with van der Waals surface area (Å²) in [6.07, 6.45) is 1.85. The molecule has 0 bridgehead atoms. The Morgan fingerprint density at radius 1 is 1.13 bits per heavy atom. The predicted octanol–water partition coefficient (Wildman–Crippen LogP) is 5.36. The lowest BCUT2D eigenvalue weighted by Gasteiger charge is -2.18. The van der Waals surface area contributed by atoms with Gasteiger partial charge in [0.25, 0.3) is 5.91 Å². The van der Waals surface area contributed by atoms with Crippen molar-refractivity contribution in [1.82, 2.24) is 0 Å². The summed E-state index contributed by atoms with van der Waals surface area (Å²) < 4.78 is 0.559. The van der Waals surface area contributed by atoms with Gasteiger partial charge in [0.05, 0.1) is 10.6 Å². The highest BCUT2D eigenvalue weighted by atomic mass is 35.5. The van der Waals surface area contributed by atoms with Crippen molar-refractivity contribution >= 4 is 57.6 Å². The normalized spacial score (nSPS) is 16.5. The molecular formula is C18H14ClNOS2. The maximum atomic E-state index is 12.8. The van der Waals surface area contributed by atoms with Gasteiger partial charge in [-0.25, -0.2) is 0 Å². The average molecular weight is 360 g/mol. The van der Waals surface area contributed by atoms with Crippen LogP contribution >= 0.6 is 35.6 Å². The summed E-state index contributed by atoms with van der Waals surface area (Å²) >= 11 is 12.6. The highest BCUT2D eigenvalue weighted by Gasteiger charge is 2.34. The van der Waals surface area contributed by atoms with Crippen molar-refractivity contribution in [3.63, 3.8) is 0 Å². The number of hydrogen-bond acceptors (Lipinski definition) is 3. The van der Waals surface area contributed by atoms with Crippen LogP contribution in [0, 0.1) is 13.8 Å².